The van der Waals surface area contributed by atoms with Gasteiger partial charge in [-0.25, -0.2) is 4.79 Å². The summed E-state index contributed by atoms with van der Waals surface area (Å²) in [6.45, 7) is 9.23. The SMILES string of the molecule is CC(C)(C)OC(=O)N1CCC(c2cccc3c2CCN(c2ccc(Cl)cc2)C3)CC1. The van der Waals surface area contributed by atoms with Gasteiger partial charge in [0.15, 0.2) is 0 Å². The summed E-state index contributed by atoms with van der Waals surface area (Å²) in [5.74, 6) is 0.515. The molecule has 0 saturated carbocycles. The lowest BCUT2D eigenvalue weighted by atomic mass is 9.82. The lowest BCUT2D eigenvalue weighted by Gasteiger charge is -2.36. The lowest BCUT2D eigenvalue weighted by Crippen LogP contribution is -2.41. The van der Waals surface area contributed by atoms with Crippen LogP contribution in [-0.4, -0.2) is 36.2 Å². The number of halogens is 1. The molecule has 2 aromatic rings. The Labute approximate surface area is 184 Å². The van der Waals surface area contributed by atoms with E-state index in [1.807, 2.05) is 37.8 Å². The minimum absolute atomic E-state index is 0.186. The number of carbonyl (C=O) groups excluding carboxylic acids is 1. The summed E-state index contributed by atoms with van der Waals surface area (Å²) in [6.07, 6.45) is 2.86. The Hall–Kier alpha value is -2.20. The van der Waals surface area contributed by atoms with Crippen LogP contribution in [0.4, 0.5) is 10.5 Å². The molecule has 0 aliphatic carbocycles. The number of carbonyl (C=O) groups is 1. The Morgan fingerprint density at radius 2 is 1.73 bits per heavy atom. The van der Waals surface area contributed by atoms with Gasteiger partial charge in [-0.15, -0.1) is 0 Å². The number of anilines is 1. The van der Waals surface area contributed by atoms with Crippen LogP contribution in [0.1, 0.15) is 56.2 Å². The van der Waals surface area contributed by atoms with E-state index in [0.717, 1.165) is 50.5 Å². The van der Waals surface area contributed by atoms with E-state index in [2.05, 4.69) is 35.2 Å². The number of likely N-dealkylation sites (tertiary alicyclic amines) is 1. The molecule has 0 N–H and O–H groups in total. The van der Waals surface area contributed by atoms with Crippen molar-refractivity contribution in [3.8, 4) is 0 Å². The highest BCUT2D eigenvalue weighted by Gasteiger charge is 2.29. The highest BCUT2D eigenvalue weighted by Crippen LogP contribution is 2.35. The van der Waals surface area contributed by atoms with Crippen molar-refractivity contribution < 1.29 is 9.53 Å². The van der Waals surface area contributed by atoms with Crippen molar-refractivity contribution in [2.75, 3.05) is 24.5 Å². The maximum atomic E-state index is 12.4. The van der Waals surface area contributed by atoms with Gasteiger partial charge in [0, 0.05) is 36.9 Å². The molecule has 1 amide bonds. The third-order valence-corrected chi connectivity index (χ3v) is 6.33. The van der Waals surface area contributed by atoms with Crippen LogP contribution in [0.15, 0.2) is 42.5 Å². The quantitative estimate of drug-likeness (QED) is 0.588. The molecule has 0 atom stereocenters. The fraction of sp³-hybridized carbons (Fsp3) is 0.480. The maximum Gasteiger partial charge on any atom is 0.410 e. The van der Waals surface area contributed by atoms with Gasteiger partial charge < -0.3 is 14.5 Å². The van der Waals surface area contributed by atoms with E-state index in [9.17, 15) is 4.79 Å². The van der Waals surface area contributed by atoms with Crippen LogP contribution >= 0.6 is 11.6 Å². The zero-order chi connectivity index (χ0) is 21.3. The fourth-order valence-electron chi connectivity index (χ4n) is 4.59. The van der Waals surface area contributed by atoms with Gasteiger partial charge in [-0.1, -0.05) is 29.8 Å². The second-order valence-electron chi connectivity index (χ2n) is 9.37. The molecule has 0 unspecified atom stereocenters. The van der Waals surface area contributed by atoms with Gasteiger partial charge >= 0.3 is 6.09 Å². The van der Waals surface area contributed by atoms with Crippen molar-refractivity contribution in [3.05, 3.63) is 64.2 Å². The van der Waals surface area contributed by atoms with Crippen molar-refractivity contribution in [2.24, 2.45) is 0 Å². The van der Waals surface area contributed by atoms with E-state index in [0.29, 0.717) is 5.92 Å². The molecule has 2 aliphatic rings. The summed E-state index contributed by atoms with van der Waals surface area (Å²) in [5.41, 5.74) is 5.19. The van der Waals surface area contributed by atoms with Crippen LogP contribution < -0.4 is 4.90 Å². The molecule has 1 saturated heterocycles. The number of rotatable bonds is 2. The monoisotopic (exact) mass is 426 g/mol. The first kappa shape index (κ1) is 21.0. The largest absolute Gasteiger partial charge is 0.444 e. The molecule has 0 radical (unpaired) electrons. The first-order chi connectivity index (χ1) is 14.3. The van der Waals surface area contributed by atoms with Gasteiger partial charge in [0.05, 0.1) is 0 Å². The molecular formula is C25H31ClN2O2. The number of hydrogen-bond donors (Lipinski definition) is 0. The van der Waals surface area contributed by atoms with E-state index < -0.39 is 5.60 Å². The number of piperidine rings is 1. The highest BCUT2D eigenvalue weighted by atomic mass is 35.5. The van der Waals surface area contributed by atoms with Crippen LogP contribution in [0, 0.1) is 0 Å². The summed E-state index contributed by atoms with van der Waals surface area (Å²) < 4.78 is 5.54. The van der Waals surface area contributed by atoms with Gasteiger partial charge in [0.1, 0.15) is 5.60 Å². The molecule has 0 bridgehead atoms. The Morgan fingerprint density at radius 1 is 1.03 bits per heavy atom. The van der Waals surface area contributed by atoms with Crippen molar-refractivity contribution in [1.29, 1.82) is 0 Å². The zero-order valence-electron chi connectivity index (χ0n) is 18.2. The molecular weight excluding hydrogens is 396 g/mol. The standard InChI is InChI=1S/C25H31ClN2O2/c1-25(2,3)30-24(29)27-14-11-18(12-15-27)22-6-4-5-19-17-28(16-13-23(19)22)21-9-7-20(26)8-10-21/h4-10,18H,11-17H2,1-3H3. The normalized spacial score (nSPS) is 17.6. The van der Waals surface area contributed by atoms with Gasteiger partial charge in [0.2, 0.25) is 0 Å². The number of amides is 1. The molecule has 4 rings (SSSR count). The van der Waals surface area contributed by atoms with Crippen LogP contribution in [-0.2, 0) is 17.7 Å². The molecule has 5 heteroatoms. The van der Waals surface area contributed by atoms with E-state index in [1.54, 1.807) is 0 Å². The Balaban J connectivity index is 1.43. The number of fused-ring (bicyclic) bond motifs is 1. The molecule has 2 heterocycles. The number of nitrogens with zero attached hydrogens (tertiary/aromatic N) is 2. The molecule has 0 aromatic heterocycles. The molecule has 160 valence electrons. The van der Waals surface area contributed by atoms with E-state index in [1.165, 1.54) is 22.4 Å². The van der Waals surface area contributed by atoms with E-state index in [4.69, 9.17) is 16.3 Å². The highest BCUT2D eigenvalue weighted by molar-refractivity contribution is 6.30. The second kappa shape index (κ2) is 8.50. The molecule has 2 aromatic carbocycles. The Bertz CT molecular complexity index is 896. The second-order valence-corrected chi connectivity index (χ2v) is 9.81. The minimum atomic E-state index is -0.442. The van der Waals surface area contributed by atoms with Gasteiger partial charge in [0.25, 0.3) is 0 Å². The Kier molecular flexibility index (Phi) is 5.97. The minimum Gasteiger partial charge on any atom is -0.444 e. The van der Waals surface area contributed by atoms with E-state index in [-0.39, 0.29) is 6.09 Å². The number of hydrogen-bond acceptors (Lipinski definition) is 3. The van der Waals surface area contributed by atoms with Crippen LogP contribution in [0.25, 0.3) is 0 Å². The molecule has 30 heavy (non-hydrogen) atoms. The summed E-state index contributed by atoms with van der Waals surface area (Å²) in [7, 11) is 0. The third kappa shape index (κ3) is 4.75. The lowest BCUT2D eigenvalue weighted by molar-refractivity contribution is 0.0204. The fourth-order valence-corrected chi connectivity index (χ4v) is 4.72. The first-order valence-electron chi connectivity index (χ1n) is 10.9. The molecule has 4 nitrogen and oxygen atoms in total. The molecule has 1 fully saturated rings. The number of benzene rings is 2. The smallest absolute Gasteiger partial charge is 0.410 e. The van der Waals surface area contributed by atoms with Crippen LogP contribution in [0.2, 0.25) is 5.02 Å². The van der Waals surface area contributed by atoms with Crippen LogP contribution in [0.3, 0.4) is 0 Å². The summed E-state index contributed by atoms with van der Waals surface area (Å²) in [6, 6.07) is 14.9. The maximum absolute atomic E-state index is 12.4. The average Bonchev–Trinajstić information content (AvgIpc) is 2.72. The van der Waals surface area contributed by atoms with Crippen molar-refractivity contribution >= 4 is 23.4 Å². The van der Waals surface area contributed by atoms with E-state index >= 15 is 0 Å². The van der Waals surface area contributed by atoms with Crippen molar-refractivity contribution in [1.82, 2.24) is 4.90 Å². The summed E-state index contributed by atoms with van der Waals surface area (Å²) in [4.78, 5) is 16.7. The molecule has 0 spiro atoms. The van der Waals surface area contributed by atoms with Crippen molar-refractivity contribution in [2.45, 2.75) is 58.1 Å². The van der Waals surface area contributed by atoms with Gasteiger partial charge in [-0.05, 0) is 86.9 Å². The van der Waals surface area contributed by atoms with Gasteiger partial charge in [-0.3, -0.25) is 0 Å². The summed E-state index contributed by atoms with van der Waals surface area (Å²) in [5, 5.41) is 0.774. The van der Waals surface area contributed by atoms with Crippen molar-refractivity contribution in [3.63, 3.8) is 0 Å². The summed E-state index contributed by atoms with van der Waals surface area (Å²) >= 11 is 6.05. The topological polar surface area (TPSA) is 32.8 Å². The van der Waals surface area contributed by atoms with Gasteiger partial charge in [-0.2, -0.15) is 0 Å². The first-order valence-corrected chi connectivity index (χ1v) is 11.3. The predicted molar refractivity (Wildman–Crippen MR) is 122 cm³/mol. The average molecular weight is 427 g/mol. The number of ether oxygens (including phenoxy) is 1. The Morgan fingerprint density at radius 3 is 2.40 bits per heavy atom. The molecule has 2 aliphatic heterocycles. The zero-order valence-corrected chi connectivity index (χ0v) is 18.9. The predicted octanol–water partition coefficient (Wildman–Crippen LogP) is 6.02. The van der Waals surface area contributed by atoms with Crippen LogP contribution in [0.5, 0.6) is 0 Å². The third-order valence-electron chi connectivity index (χ3n) is 6.08.